The highest BCUT2D eigenvalue weighted by atomic mass is 16.5. The van der Waals surface area contributed by atoms with E-state index >= 15 is 0 Å². The average Bonchev–Trinajstić information content (AvgIpc) is 2.36. The van der Waals surface area contributed by atoms with Crippen LogP contribution in [0.25, 0.3) is 0 Å². The fourth-order valence-electron chi connectivity index (χ4n) is 2.16. The third kappa shape index (κ3) is 2.48. The summed E-state index contributed by atoms with van der Waals surface area (Å²) < 4.78 is 5.01. The van der Waals surface area contributed by atoms with E-state index < -0.39 is 0 Å². The molecule has 1 aromatic rings. The Hall–Kier alpha value is -1.39. The summed E-state index contributed by atoms with van der Waals surface area (Å²) in [6, 6.07) is 8.12. The van der Waals surface area contributed by atoms with Gasteiger partial charge in [-0.1, -0.05) is 18.2 Å². The summed E-state index contributed by atoms with van der Waals surface area (Å²) in [7, 11) is 3.50. The van der Waals surface area contributed by atoms with Gasteiger partial charge in [-0.05, 0) is 11.6 Å². The topological polar surface area (TPSA) is 41.6 Å². The lowest BCUT2D eigenvalue weighted by atomic mass is 9.96. The van der Waals surface area contributed by atoms with Crippen molar-refractivity contribution < 1.29 is 9.53 Å². The first kappa shape index (κ1) is 12.1. The van der Waals surface area contributed by atoms with E-state index in [0.717, 1.165) is 12.2 Å². The van der Waals surface area contributed by atoms with Crippen LogP contribution in [0.4, 0.5) is 5.69 Å². The number of methoxy groups -OCH3 is 1. The molecule has 0 radical (unpaired) electrons. The molecule has 1 aromatic carbocycles. The fraction of sp³-hybridized carbons (Fsp3) is 0.462. The Bertz CT molecular complexity index is 406. The maximum absolute atomic E-state index is 11.9. The lowest BCUT2D eigenvalue weighted by Gasteiger charge is -2.32. The second-order valence-corrected chi connectivity index (χ2v) is 4.22. The molecule has 4 nitrogen and oxygen atoms in total. The van der Waals surface area contributed by atoms with Gasteiger partial charge in [0, 0.05) is 38.9 Å². The van der Waals surface area contributed by atoms with Crippen molar-refractivity contribution in [2.45, 2.75) is 12.5 Å². The standard InChI is InChI=1S/C13H18N2O2/c1-15-12-6-4-3-5-10(12)11(9-13(15)16)14-7-8-17-2/h3-6,11,14H,7-9H2,1-2H3. The number of nitrogens with zero attached hydrogens (tertiary/aromatic N) is 1. The van der Waals surface area contributed by atoms with Crippen LogP contribution in [-0.4, -0.2) is 33.2 Å². The number of rotatable bonds is 4. The first-order chi connectivity index (χ1) is 8.24. The number of benzene rings is 1. The van der Waals surface area contributed by atoms with E-state index in [1.54, 1.807) is 12.0 Å². The van der Waals surface area contributed by atoms with Crippen molar-refractivity contribution in [3.8, 4) is 0 Å². The quantitative estimate of drug-likeness (QED) is 0.799. The summed E-state index contributed by atoms with van der Waals surface area (Å²) in [5, 5.41) is 3.36. The first-order valence-electron chi connectivity index (χ1n) is 5.82. The molecule has 1 atom stereocenters. The summed E-state index contributed by atoms with van der Waals surface area (Å²) in [6.45, 7) is 1.41. The number of hydrogen-bond donors (Lipinski definition) is 1. The van der Waals surface area contributed by atoms with E-state index in [1.165, 1.54) is 5.56 Å². The van der Waals surface area contributed by atoms with Crippen LogP contribution in [0.1, 0.15) is 18.0 Å². The maximum atomic E-state index is 11.9. The monoisotopic (exact) mass is 234 g/mol. The summed E-state index contributed by atoms with van der Waals surface area (Å²) >= 11 is 0. The largest absolute Gasteiger partial charge is 0.383 e. The second-order valence-electron chi connectivity index (χ2n) is 4.22. The van der Waals surface area contributed by atoms with Crippen molar-refractivity contribution in [1.82, 2.24) is 5.32 Å². The number of amides is 1. The third-order valence-corrected chi connectivity index (χ3v) is 3.12. The lowest BCUT2D eigenvalue weighted by Crippen LogP contribution is -2.38. The van der Waals surface area contributed by atoms with Crippen molar-refractivity contribution in [1.29, 1.82) is 0 Å². The Labute approximate surface area is 102 Å². The summed E-state index contributed by atoms with van der Waals surface area (Å²) in [5.74, 6) is 0.151. The SMILES string of the molecule is COCCNC1CC(=O)N(C)c2ccccc21. The number of para-hydroxylation sites is 1. The molecule has 1 unspecified atom stereocenters. The summed E-state index contributed by atoms with van der Waals surface area (Å²) in [4.78, 5) is 13.6. The van der Waals surface area contributed by atoms with E-state index in [2.05, 4.69) is 11.4 Å². The van der Waals surface area contributed by atoms with Crippen molar-refractivity contribution in [2.24, 2.45) is 0 Å². The van der Waals surface area contributed by atoms with Crippen LogP contribution in [0.3, 0.4) is 0 Å². The molecule has 0 saturated heterocycles. The third-order valence-electron chi connectivity index (χ3n) is 3.12. The molecule has 0 bridgehead atoms. The smallest absolute Gasteiger partial charge is 0.228 e. The number of ether oxygens (including phenoxy) is 1. The van der Waals surface area contributed by atoms with Gasteiger partial charge in [-0.3, -0.25) is 4.79 Å². The van der Waals surface area contributed by atoms with Crippen LogP contribution in [-0.2, 0) is 9.53 Å². The van der Waals surface area contributed by atoms with Gasteiger partial charge in [0.15, 0.2) is 0 Å². The average molecular weight is 234 g/mol. The summed E-state index contributed by atoms with van der Waals surface area (Å²) in [6.07, 6.45) is 0.511. The Morgan fingerprint density at radius 1 is 1.47 bits per heavy atom. The van der Waals surface area contributed by atoms with Gasteiger partial charge in [-0.2, -0.15) is 0 Å². The molecule has 1 heterocycles. The molecule has 0 aliphatic carbocycles. The summed E-state index contributed by atoms with van der Waals surface area (Å²) in [5.41, 5.74) is 2.18. The van der Waals surface area contributed by atoms with Crippen LogP contribution >= 0.6 is 0 Å². The predicted molar refractivity (Wildman–Crippen MR) is 67.1 cm³/mol. The number of hydrogen-bond acceptors (Lipinski definition) is 3. The normalized spacial score (nSPS) is 19.3. The zero-order chi connectivity index (χ0) is 12.3. The highest BCUT2D eigenvalue weighted by Crippen LogP contribution is 2.33. The Balaban J connectivity index is 2.18. The van der Waals surface area contributed by atoms with Gasteiger partial charge in [0.25, 0.3) is 0 Å². The van der Waals surface area contributed by atoms with Gasteiger partial charge in [0.1, 0.15) is 0 Å². The van der Waals surface area contributed by atoms with Crippen LogP contribution in [0.15, 0.2) is 24.3 Å². The minimum atomic E-state index is 0.102. The van der Waals surface area contributed by atoms with E-state index in [-0.39, 0.29) is 11.9 Å². The molecule has 0 spiro atoms. The molecular formula is C13H18N2O2. The molecular weight excluding hydrogens is 216 g/mol. The molecule has 0 saturated carbocycles. The van der Waals surface area contributed by atoms with Crippen LogP contribution in [0, 0.1) is 0 Å². The van der Waals surface area contributed by atoms with Crippen molar-refractivity contribution in [3.05, 3.63) is 29.8 Å². The van der Waals surface area contributed by atoms with Crippen molar-refractivity contribution in [3.63, 3.8) is 0 Å². The van der Waals surface area contributed by atoms with Crippen LogP contribution in [0.2, 0.25) is 0 Å². The van der Waals surface area contributed by atoms with Gasteiger partial charge in [-0.15, -0.1) is 0 Å². The minimum Gasteiger partial charge on any atom is -0.383 e. The Kier molecular flexibility index (Phi) is 3.76. The molecule has 92 valence electrons. The van der Waals surface area contributed by atoms with E-state index in [9.17, 15) is 4.79 Å². The molecule has 2 rings (SSSR count). The number of nitrogens with one attached hydrogen (secondary N) is 1. The van der Waals surface area contributed by atoms with Crippen molar-refractivity contribution >= 4 is 11.6 Å². The predicted octanol–water partition coefficient (Wildman–Crippen LogP) is 1.33. The molecule has 1 amide bonds. The van der Waals surface area contributed by atoms with E-state index in [1.807, 2.05) is 25.2 Å². The number of fused-ring (bicyclic) bond motifs is 1. The van der Waals surface area contributed by atoms with E-state index in [0.29, 0.717) is 13.0 Å². The fourth-order valence-corrected chi connectivity index (χ4v) is 2.16. The molecule has 0 fully saturated rings. The molecule has 4 heteroatoms. The Morgan fingerprint density at radius 3 is 3.00 bits per heavy atom. The highest BCUT2D eigenvalue weighted by Gasteiger charge is 2.28. The van der Waals surface area contributed by atoms with Gasteiger partial charge >= 0.3 is 0 Å². The Morgan fingerprint density at radius 2 is 2.24 bits per heavy atom. The second kappa shape index (κ2) is 5.29. The van der Waals surface area contributed by atoms with Crippen molar-refractivity contribution in [2.75, 3.05) is 32.2 Å². The van der Waals surface area contributed by atoms with Gasteiger partial charge in [0.05, 0.1) is 6.61 Å². The van der Waals surface area contributed by atoms with Gasteiger partial charge in [0.2, 0.25) is 5.91 Å². The number of carbonyl (C=O) groups is 1. The number of carbonyl (C=O) groups excluding carboxylic acids is 1. The molecule has 17 heavy (non-hydrogen) atoms. The molecule has 1 aliphatic rings. The molecule has 0 aromatic heterocycles. The minimum absolute atomic E-state index is 0.102. The zero-order valence-corrected chi connectivity index (χ0v) is 10.3. The van der Waals surface area contributed by atoms with Crippen LogP contribution < -0.4 is 10.2 Å². The van der Waals surface area contributed by atoms with Gasteiger partial charge < -0.3 is 15.0 Å². The lowest BCUT2D eigenvalue weighted by molar-refractivity contribution is -0.119. The van der Waals surface area contributed by atoms with Crippen LogP contribution in [0.5, 0.6) is 0 Å². The number of anilines is 1. The first-order valence-corrected chi connectivity index (χ1v) is 5.82. The van der Waals surface area contributed by atoms with Gasteiger partial charge in [-0.25, -0.2) is 0 Å². The highest BCUT2D eigenvalue weighted by molar-refractivity contribution is 5.96. The zero-order valence-electron chi connectivity index (χ0n) is 10.3. The maximum Gasteiger partial charge on any atom is 0.228 e. The van der Waals surface area contributed by atoms with E-state index in [4.69, 9.17) is 4.74 Å². The molecule has 1 N–H and O–H groups in total. The molecule has 1 aliphatic heterocycles.